The van der Waals surface area contributed by atoms with E-state index < -0.39 is 5.54 Å². The van der Waals surface area contributed by atoms with E-state index in [0.29, 0.717) is 11.4 Å². The topological polar surface area (TPSA) is 79.4 Å². The molecule has 0 saturated heterocycles. The number of aromatic nitrogens is 1. The van der Waals surface area contributed by atoms with Gasteiger partial charge in [-0.05, 0) is 19.1 Å². The first-order valence-electron chi connectivity index (χ1n) is 4.07. The van der Waals surface area contributed by atoms with Crippen LogP contribution in [0.25, 0.3) is 0 Å². The molecule has 0 fully saturated rings. The van der Waals surface area contributed by atoms with Crippen molar-refractivity contribution in [2.75, 3.05) is 6.61 Å². The summed E-state index contributed by atoms with van der Waals surface area (Å²) < 4.78 is 0. The highest BCUT2D eigenvalue weighted by Crippen LogP contribution is 2.14. The molecule has 0 aliphatic rings. The van der Waals surface area contributed by atoms with Gasteiger partial charge in [0.2, 0.25) is 0 Å². The van der Waals surface area contributed by atoms with E-state index in [1.165, 1.54) is 0 Å². The number of nitrogens with zero attached hydrogens (tertiary/aromatic N) is 1. The predicted molar refractivity (Wildman–Crippen MR) is 48.8 cm³/mol. The molecule has 1 aromatic heterocycles. The lowest BCUT2D eigenvalue weighted by atomic mass is 10.00. The van der Waals surface area contributed by atoms with Crippen LogP contribution in [0.5, 0.6) is 0 Å². The van der Waals surface area contributed by atoms with Crippen LogP contribution in [0.15, 0.2) is 18.2 Å². The van der Waals surface area contributed by atoms with Gasteiger partial charge in [-0.2, -0.15) is 0 Å². The highest BCUT2D eigenvalue weighted by atomic mass is 16.3. The third-order valence-corrected chi connectivity index (χ3v) is 1.88. The van der Waals surface area contributed by atoms with E-state index in [1.807, 2.05) is 0 Å². The second-order valence-electron chi connectivity index (χ2n) is 3.25. The highest BCUT2D eigenvalue weighted by molar-refractivity contribution is 5.17. The predicted octanol–water partition coefficient (Wildman–Crippen LogP) is -0.260. The molecular formula is C9H14N2O2. The van der Waals surface area contributed by atoms with Gasteiger partial charge in [0.25, 0.3) is 0 Å². The Labute approximate surface area is 77.0 Å². The fraction of sp³-hybridized carbons (Fsp3) is 0.444. The third kappa shape index (κ3) is 2.24. The van der Waals surface area contributed by atoms with Gasteiger partial charge in [0.15, 0.2) is 0 Å². The lowest BCUT2D eigenvalue weighted by Gasteiger charge is -2.21. The minimum atomic E-state index is -0.842. The molecule has 13 heavy (non-hydrogen) atoms. The van der Waals surface area contributed by atoms with E-state index >= 15 is 0 Å². The quantitative estimate of drug-likeness (QED) is 0.601. The second kappa shape index (κ2) is 3.83. The first kappa shape index (κ1) is 10.1. The number of hydrogen-bond acceptors (Lipinski definition) is 4. The van der Waals surface area contributed by atoms with E-state index in [-0.39, 0.29) is 13.2 Å². The van der Waals surface area contributed by atoms with E-state index in [1.54, 1.807) is 25.1 Å². The first-order chi connectivity index (χ1) is 6.10. The van der Waals surface area contributed by atoms with Crippen molar-refractivity contribution < 1.29 is 10.2 Å². The van der Waals surface area contributed by atoms with Crippen molar-refractivity contribution in [3.63, 3.8) is 0 Å². The minimum Gasteiger partial charge on any atom is -0.394 e. The van der Waals surface area contributed by atoms with Crippen LogP contribution in [0.4, 0.5) is 0 Å². The van der Waals surface area contributed by atoms with E-state index in [0.717, 1.165) is 0 Å². The molecule has 4 heteroatoms. The molecule has 0 aliphatic heterocycles. The standard InChI is InChI=1S/C9H14N2O2/c1-9(10,6-13)8-4-2-3-7(5-12)11-8/h2-4,12-13H,5-6,10H2,1H3. The summed E-state index contributed by atoms with van der Waals surface area (Å²) in [5.74, 6) is 0. The number of rotatable bonds is 3. The molecule has 0 bridgehead atoms. The average molecular weight is 182 g/mol. The van der Waals surface area contributed by atoms with Gasteiger partial charge >= 0.3 is 0 Å². The Morgan fingerprint density at radius 3 is 2.69 bits per heavy atom. The minimum absolute atomic E-state index is 0.116. The number of hydrogen-bond donors (Lipinski definition) is 3. The number of aliphatic hydroxyl groups excluding tert-OH is 2. The summed E-state index contributed by atoms with van der Waals surface area (Å²) >= 11 is 0. The Morgan fingerprint density at radius 1 is 1.46 bits per heavy atom. The van der Waals surface area contributed by atoms with Crippen molar-refractivity contribution >= 4 is 0 Å². The summed E-state index contributed by atoms with van der Waals surface area (Å²) in [5, 5.41) is 17.8. The fourth-order valence-electron chi connectivity index (χ4n) is 0.967. The number of nitrogens with two attached hydrogens (primary N) is 1. The molecule has 0 aliphatic carbocycles. The highest BCUT2D eigenvalue weighted by Gasteiger charge is 2.21. The molecule has 1 rings (SSSR count). The van der Waals surface area contributed by atoms with Gasteiger partial charge in [0.05, 0.1) is 30.1 Å². The van der Waals surface area contributed by atoms with Crippen LogP contribution in [0, 0.1) is 0 Å². The molecule has 4 nitrogen and oxygen atoms in total. The van der Waals surface area contributed by atoms with Crippen molar-refractivity contribution in [3.05, 3.63) is 29.6 Å². The van der Waals surface area contributed by atoms with Crippen LogP contribution in [0.1, 0.15) is 18.3 Å². The molecule has 0 spiro atoms. The van der Waals surface area contributed by atoms with E-state index in [2.05, 4.69) is 4.98 Å². The molecule has 1 atom stereocenters. The maximum Gasteiger partial charge on any atom is 0.0853 e. The SMILES string of the molecule is CC(N)(CO)c1cccc(CO)n1. The summed E-state index contributed by atoms with van der Waals surface area (Å²) in [7, 11) is 0. The summed E-state index contributed by atoms with van der Waals surface area (Å²) in [6, 6.07) is 5.20. The van der Waals surface area contributed by atoms with Crippen molar-refractivity contribution in [2.24, 2.45) is 5.73 Å². The van der Waals surface area contributed by atoms with E-state index in [9.17, 15) is 0 Å². The zero-order valence-electron chi connectivity index (χ0n) is 7.57. The monoisotopic (exact) mass is 182 g/mol. The van der Waals surface area contributed by atoms with Crippen LogP contribution in [0.2, 0.25) is 0 Å². The number of aliphatic hydroxyl groups is 2. The Bertz CT molecular complexity index is 287. The largest absolute Gasteiger partial charge is 0.394 e. The Morgan fingerprint density at radius 2 is 2.15 bits per heavy atom. The summed E-state index contributed by atoms with van der Waals surface area (Å²) in [6.45, 7) is 1.40. The van der Waals surface area contributed by atoms with Crippen LogP contribution in [-0.4, -0.2) is 21.8 Å². The van der Waals surface area contributed by atoms with Crippen LogP contribution in [0.3, 0.4) is 0 Å². The molecule has 0 amide bonds. The van der Waals surface area contributed by atoms with Gasteiger partial charge in [-0.1, -0.05) is 6.07 Å². The molecule has 0 saturated carbocycles. The maximum absolute atomic E-state index is 8.98. The van der Waals surface area contributed by atoms with Crippen LogP contribution < -0.4 is 5.73 Å². The molecule has 1 aromatic rings. The molecule has 1 unspecified atom stereocenters. The smallest absolute Gasteiger partial charge is 0.0853 e. The third-order valence-electron chi connectivity index (χ3n) is 1.88. The summed E-state index contributed by atoms with van der Waals surface area (Å²) in [6.07, 6.45) is 0. The molecule has 0 aromatic carbocycles. The molecular weight excluding hydrogens is 168 g/mol. The van der Waals surface area contributed by atoms with Gasteiger partial charge in [-0.25, -0.2) is 0 Å². The Kier molecular flexibility index (Phi) is 2.98. The van der Waals surface area contributed by atoms with Gasteiger partial charge in [-0.3, -0.25) is 4.98 Å². The van der Waals surface area contributed by atoms with Gasteiger partial charge in [0, 0.05) is 0 Å². The van der Waals surface area contributed by atoms with Crippen LogP contribution >= 0.6 is 0 Å². The molecule has 72 valence electrons. The van der Waals surface area contributed by atoms with Crippen molar-refractivity contribution in [2.45, 2.75) is 19.1 Å². The van der Waals surface area contributed by atoms with Crippen molar-refractivity contribution in [3.8, 4) is 0 Å². The molecule has 0 radical (unpaired) electrons. The zero-order valence-corrected chi connectivity index (χ0v) is 7.57. The van der Waals surface area contributed by atoms with Crippen molar-refractivity contribution in [1.82, 2.24) is 4.98 Å². The average Bonchev–Trinajstić information content (AvgIpc) is 2.18. The number of pyridine rings is 1. The molecule has 4 N–H and O–H groups in total. The first-order valence-corrected chi connectivity index (χ1v) is 4.07. The Balaban J connectivity index is 3.01. The van der Waals surface area contributed by atoms with Crippen LogP contribution in [-0.2, 0) is 12.1 Å². The van der Waals surface area contributed by atoms with Gasteiger partial charge in [-0.15, -0.1) is 0 Å². The van der Waals surface area contributed by atoms with Crippen molar-refractivity contribution in [1.29, 1.82) is 0 Å². The lowest BCUT2D eigenvalue weighted by Crippen LogP contribution is -2.38. The maximum atomic E-state index is 8.98. The lowest BCUT2D eigenvalue weighted by molar-refractivity contribution is 0.205. The second-order valence-corrected chi connectivity index (χ2v) is 3.25. The summed E-state index contributed by atoms with van der Waals surface area (Å²) in [5.41, 5.74) is 6.07. The van der Waals surface area contributed by atoms with Gasteiger partial charge in [0.1, 0.15) is 0 Å². The summed E-state index contributed by atoms with van der Waals surface area (Å²) in [4.78, 5) is 4.10. The Hall–Kier alpha value is -0.970. The van der Waals surface area contributed by atoms with Gasteiger partial charge < -0.3 is 15.9 Å². The fourth-order valence-corrected chi connectivity index (χ4v) is 0.967. The molecule has 1 heterocycles. The zero-order chi connectivity index (χ0) is 9.90. The normalized spacial score (nSPS) is 15.4. The van der Waals surface area contributed by atoms with E-state index in [4.69, 9.17) is 15.9 Å².